The number of nitrogens with zero attached hydrogens (tertiary/aromatic N) is 1. The topological polar surface area (TPSA) is 39.1 Å². The van der Waals surface area contributed by atoms with Crippen LogP contribution < -0.4 is 5.43 Å². The second-order valence-corrected chi connectivity index (χ2v) is 3.55. The fraction of sp³-hybridized carbons (Fsp3) is 0.143. The Balaban J connectivity index is 3.13. The molecule has 0 spiro atoms. The number of carbonyl (C=O) groups excluding carboxylic acids is 1. The van der Waals surface area contributed by atoms with E-state index in [2.05, 4.69) is 0 Å². The molecule has 1 aromatic rings. The lowest BCUT2D eigenvalue weighted by Gasteiger charge is -2.03. The Morgan fingerprint density at radius 1 is 1.31 bits per heavy atom. The highest BCUT2D eigenvalue weighted by molar-refractivity contribution is 6.63. The van der Waals surface area contributed by atoms with Gasteiger partial charge in [-0.3, -0.25) is 9.59 Å². The molecule has 0 aromatic carbocycles. The number of carbonyl (C=O) groups is 1. The first-order valence-electron chi connectivity index (χ1n) is 3.24. The Morgan fingerprint density at radius 3 is 2.15 bits per heavy atom. The normalized spacial score (nSPS) is 10.1. The van der Waals surface area contributed by atoms with Crippen LogP contribution in [0.2, 0.25) is 10.0 Å². The molecular formula is C7H4Cl3NO2. The number of hydrogen-bond donors (Lipinski definition) is 0. The molecule has 0 saturated carbocycles. The summed E-state index contributed by atoms with van der Waals surface area (Å²) in [6.07, 6.45) is 2.60. The molecule has 70 valence electrons. The predicted octanol–water partition coefficient (Wildman–Crippen LogP) is 1.92. The van der Waals surface area contributed by atoms with Gasteiger partial charge in [-0.15, -0.1) is 0 Å². The maximum atomic E-state index is 11.0. The molecule has 1 heterocycles. The van der Waals surface area contributed by atoms with Gasteiger partial charge in [0.15, 0.2) is 0 Å². The highest BCUT2D eigenvalue weighted by atomic mass is 35.5. The van der Waals surface area contributed by atoms with Crippen molar-refractivity contribution in [1.82, 2.24) is 4.57 Å². The van der Waals surface area contributed by atoms with Crippen LogP contribution >= 0.6 is 34.8 Å². The second-order valence-electron chi connectivity index (χ2n) is 2.31. The van der Waals surface area contributed by atoms with Crippen LogP contribution in [-0.4, -0.2) is 9.81 Å². The lowest BCUT2D eigenvalue weighted by molar-refractivity contribution is -0.112. The zero-order chi connectivity index (χ0) is 10.0. The van der Waals surface area contributed by atoms with Gasteiger partial charge in [0.2, 0.25) is 10.7 Å². The van der Waals surface area contributed by atoms with Crippen molar-refractivity contribution < 1.29 is 4.79 Å². The van der Waals surface area contributed by atoms with E-state index in [1.165, 1.54) is 17.0 Å². The van der Waals surface area contributed by atoms with Crippen molar-refractivity contribution in [3.63, 3.8) is 0 Å². The number of rotatable bonds is 2. The van der Waals surface area contributed by atoms with Crippen LogP contribution in [0.5, 0.6) is 0 Å². The van der Waals surface area contributed by atoms with Crippen LogP contribution in [0, 0.1) is 0 Å². The number of pyridine rings is 1. The van der Waals surface area contributed by atoms with Crippen LogP contribution in [0.4, 0.5) is 0 Å². The summed E-state index contributed by atoms with van der Waals surface area (Å²) in [5.41, 5.74) is -0.457. The van der Waals surface area contributed by atoms with Crippen molar-refractivity contribution >= 4 is 40.0 Å². The molecule has 0 fully saturated rings. The third-order valence-electron chi connectivity index (χ3n) is 1.30. The zero-order valence-corrected chi connectivity index (χ0v) is 8.53. The molecule has 0 N–H and O–H groups in total. The van der Waals surface area contributed by atoms with Crippen molar-refractivity contribution in [3.05, 3.63) is 32.7 Å². The minimum Gasteiger partial charge on any atom is -0.342 e. The molecule has 13 heavy (non-hydrogen) atoms. The fourth-order valence-corrected chi connectivity index (χ4v) is 1.44. The molecule has 0 aliphatic rings. The maximum Gasteiger partial charge on any atom is 0.241 e. The highest BCUT2D eigenvalue weighted by Gasteiger charge is 2.04. The van der Waals surface area contributed by atoms with E-state index in [0.29, 0.717) is 0 Å². The molecule has 0 bridgehead atoms. The van der Waals surface area contributed by atoms with Crippen LogP contribution in [-0.2, 0) is 11.3 Å². The van der Waals surface area contributed by atoms with Crippen molar-refractivity contribution in [2.75, 3.05) is 0 Å². The average molecular weight is 240 g/mol. The molecule has 0 aliphatic carbocycles. The Hall–Kier alpha value is -0.510. The molecular weight excluding hydrogens is 236 g/mol. The molecule has 0 saturated heterocycles. The standard InChI is InChI=1S/C7H4Cl3NO2/c8-4-1-11(3-6(10)12)2-5(9)7(4)13/h1-2H,3H2. The molecule has 1 rings (SSSR count). The van der Waals surface area contributed by atoms with E-state index in [0.717, 1.165) is 0 Å². The summed E-state index contributed by atoms with van der Waals surface area (Å²) in [4.78, 5) is 21.5. The number of halogens is 3. The van der Waals surface area contributed by atoms with Gasteiger partial charge in [0, 0.05) is 12.4 Å². The third kappa shape index (κ3) is 2.72. The first-order chi connectivity index (χ1) is 6.00. The molecule has 0 unspecified atom stereocenters. The van der Waals surface area contributed by atoms with E-state index < -0.39 is 10.7 Å². The third-order valence-corrected chi connectivity index (χ3v) is 1.96. The Bertz CT molecular complexity index is 373. The first kappa shape index (κ1) is 10.6. The fourth-order valence-electron chi connectivity index (χ4n) is 0.795. The van der Waals surface area contributed by atoms with Crippen LogP contribution in [0.25, 0.3) is 0 Å². The van der Waals surface area contributed by atoms with Crippen LogP contribution in [0.15, 0.2) is 17.2 Å². The van der Waals surface area contributed by atoms with Gasteiger partial charge in [0.25, 0.3) is 0 Å². The van der Waals surface area contributed by atoms with Gasteiger partial charge in [0.05, 0.1) is 6.54 Å². The Labute approximate surface area is 88.8 Å². The molecule has 0 aliphatic heterocycles. The van der Waals surface area contributed by atoms with E-state index in [9.17, 15) is 9.59 Å². The smallest absolute Gasteiger partial charge is 0.241 e. The molecule has 3 nitrogen and oxygen atoms in total. The lowest BCUT2D eigenvalue weighted by atomic mass is 10.4. The summed E-state index contributed by atoms with van der Waals surface area (Å²) in [6, 6.07) is 0. The molecule has 0 radical (unpaired) electrons. The van der Waals surface area contributed by atoms with E-state index in [4.69, 9.17) is 34.8 Å². The highest BCUT2D eigenvalue weighted by Crippen LogP contribution is 2.08. The summed E-state index contributed by atoms with van der Waals surface area (Å²) in [6.45, 7) is -0.0682. The number of aromatic nitrogens is 1. The van der Waals surface area contributed by atoms with Gasteiger partial charge in [-0.05, 0) is 11.6 Å². The SMILES string of the molecule is O=C(Cl)Cn1cc(Cl)c(=O)c(Cl)c1. The van der Waals surface area contributed by atoms with Gasteiger partial charge >= 0.3 is 0 Å². The van der Waals surface area contributed by atoms with E-state index >= 15 is 0 Å². The average Bonchev–Trinajstić information content (AvgIpc) is 1.98. The summed E-state index contributed by atoms with van der Waals surface area (Å²) >= 11 is 16.2. The van der Waals surface area contributed by atoms with Gasteiger partial charge in [-0.25, -0.2) is 0 Å². The van der Waals surface area contributed by atoms with Gasteiger partial charge in [-0.2, -0.15) is 0 Å². The molecule has 0 amide bonds. The van der Waals surface area contributed by atoms with E-state index in [1.807, 2.05) is 0 Å². The Morgan fingerprint density at radius 2 is 1.77 bits per heavy atom. The van der Waals surface area contributed by atoms with Crippen molar-refractivity contribution in [2.24, 2.45) is 0 Å². The molecule has 6 heteroatoms. The zero-order valence-electron chi connectivity index (χ0n) is 6.26. The minimum absolute atomic E-state index is 0.0367. The van der Waals surface area contributed by atoms with Crippen molar-refractivity contribution in [2.45, 2.75) is 6.54 Å². The number of hydrogen-bond acceptors (Lipinski definition) is 2. The first-order valence-corrected chi connectivity index (χ1v) is 4.37. The van der Waals surface area contributed by atoms with Crippen molar-refractivity contribution in [1.29, 1.82) is 0 Å². The van der Waals surface area contributed by atoms with Crippen LogP contribution in [0.3, 0.4) is 0 Å². The second kappa shape index (κ2) is 4.13. The largest absolute Gasteiger partial charge is 0.342 e. The van der Waals surface area contributed by atoms with Crippen LogP contribution in [0.1, 0.15) is 0 Å². The quantitative estimate of drug-likeness (QED) is 0.741. The summed E-state index contributed by atoms with van der Waals surface area (Å²) in [7, 11) is 0. The summed E-state index contributed by atoms with van der Waals surface area (Å²) in [5.74, 6) is 0. The summed E-state index contributed by atoms with van der Waals surface area (Å²) < 4.78 is 1.35. The summed E-state index contributed by atoms with van der Waals surface area (Å²) in [5, 5.41) is -0.633. The van der Waals surface area contributed by atoms with E-state index in [1.54, 1.807) is 0 Å². The predicted molar refractivity (Wildman–Crippen MR) is 51.6 cm³/mol. The van der Waals surface area contributed by atoms with Gasteiger partial charge < -0.3 is 4.57 Å². The maximum absolute atomic E-state index is 11.0. The van der Waals surface area contributed by atoms with Gasteiger partial charge in [-0.1, -0.05) is 23.2 Å². The monoisotopic (exact) mass is 239 g/mol. The molecule has 1 aromatic heterocycles. The lowest BCUT2D eigenvalue weighted by Crippen LogP contribution is -2.11. The van der Waals surface area contributed by atoms with E-state index in [-0.39, 0.29) is 16.6 Å². The van der Waals surface area contributed by atoms with Gasteiger partial charge in [0.1, 0.15) is 10.0 Å². The Kier molecular flexibility index (Phi) is 3.36. The minimum atomic E-state index is -0.559. The van der Waals surface area contributed by atoms with Crippen molar-refractivity contribution in [3.8, 4) is 0 Å². The molecule has 0 atom stereocenters.